The first kappa shape index (κ1) is 21.6. The van der Waals surface area contributed by atoms with Gasteiger partial charge in [-0.15, -0.1) is 0 Å². The normalized spacial score (nSPS) is 18.5. The van der Waals surface area contributed by atoms with Crippen LogP contribution in [0.3, 0.4) is 0 Å². The predicted octanol–water partition coefficient (Wildman–Crippen LogP) is 3.76. The van der Waals surface area contributed by atoms with Crippen LogP contribution in [0.5, 0.6) is 0 Å². The van der Waals surface area contributed by atoms with Crippen molar-refractivity contribution < 1.29 is 18.4 Å². The first-order valence-electron chi connectivity index (χ1n) is 10.9. The summed E-state index contributed by atoms with van der Waals surface area (Å²) in [6, 6.07) is 12.7. The summed E-state index contributed by atoms with van der Waals surface area (Å²) < 4.78 is 27.9. The van der Waals surface area contributed by atoms with Crippen molar-refractivity contribution in [3.8, 4) is 0 Å². The maximum atomic E-state index is 14.2. The number of pyridine rings is 1. The molecule has 168 valence electrons. The van der Waals surface area contributed by atoms with Gasteiger partial charge >= 0.3 is 0 Å². The first-order chi connectivity index (χ1) is 15.9. The number of hydrogen-bond donors (Lipinski definition) is 0. The van der Waals surface area contributed by atoms with Crippen LogP contribution in [0, 0.1) is 18.6 Å². The zero-order chi connectivity index (χ0) is 23.2. The molecule has 5 rings (SSSR count). The van der Waals surface area contributed by atoms with Gasteiger partial charge in [0.15, 0.2) is 17.1 Å². The Morgan fingerprint density at radius 2 is 1.55 bits per heavy atom. The van der Waals surface area contributed by atoms with Crippen molar-refractivity contribution in [2.75, 3.05) is 26.2 Å². The molecular formula is C26H23F2N3O2. The highest BCUT2D eigenvalue weighted by molar-refractivity contribution is 6.32. The van der Waals surface area contributed by atoms with Crippen LogP contribution >= 0.6 is 0 Å². The van der Waals surface area contributed by atoms with Gasteiger partial charge in [0, 0.05) is 55.6 Å². The fraction of sp³-hybridized carbons (Fsp3) is 0.269. The molecule has 33 heavy (non-hydrogen) atoms. The minimum atomic E-state index is -1.63. The Balaban J connectivity index is 1.47. The largest absolute Gasteiger partial charge is 0.297 e. The van der Waals surface area contributed by atoms with Crippen LogP contribution in [0.2, 0.25) is 0 Å². The number of piperazine rings is 1. The van der Waals surface area contributed by atoms with Gasteiger partial charge in [-0.2, -0.15) is 0 Å². The maximum Gasteiger partial charge on any atom is 0.196 e. The molecule has 2 heterocycles. The average Bonchev–Trinajstić information content (AvgIpc) is 3.05. The van der Waals surface area contributed by atoms with Gasteiger partial charge in [-0.3, -0.25) is 24.4 Å². The molecule has 0 unspecified atom stereocenters. The Labute approximate surface area is 190 Å². The zero-order valence-corrected chi connectivity index (χ0v) is 18.2. The highest BCUT2D eigenvalue weighted by Gasteiger charge is 2.58. The summed E-state index contributed by atoms with van der Waals surface area (Å²) in [5.41, 5.74) is 1.25. The molecule has 2 aromatic carbocycles. The lowest BCUT2D eigenvalue weighted by Crippen LogP contribution is -2.60. The summed E-state index contributed by atoms with van der Waals surface area (Å²) in [5.74, 6) is -1.55. The second-order valence-corrected chi connectivity index (χ2v) is 8.64. The Kier molecular flexibility index (Phi) is 5.38. The van der Waals surface area contributed by atoms with Gasteiger partial charge in [0.05, 0.1) is 6.20 Å². The number of hydrogen-bond acceptors (Lipinski definition) is 5. The van der Waals surface area contributed by atoms with Crippen molar-refractivity contribution in [1.29, 1.82) is 0 Å². The molecule has 0 N–H and O–H groups in total. The molecule has 0 saturated carbocycles. The van der Waals surface area contributed by atoms with E-state index in [-0.39, 0.29) is 22.9 Å². The summed E-state index contributed by atoms with van der Waals surface area (Å²) in [6.45, 7) is 4.54. The van der Waals surface area contributed by atoms with Crippen LogP contribution in [-0.4, -0.2) is 52.5 Å². The lowest BCUT2D eigenvalue weighted by atomic mass is 9.83. The zero-order valence-electron chi connectivity index (χ0n) is 18.2. The van der Waals surface area contributed by atoms with E-state index in [0.717, 1.165) is 17.3 Å². The van der Waals surface area contributed by atoms with Gasteiger partial charge < -0.3 is 0 Å². The van der Waals surface area contributed by atoms with E-state index >= 15 is 0 Å². The molecule has 1 saturated heterocycles. The second kappa shape index (κ2) is 8.24. The van der Waals surface area contributed by atoms with Gasteiger partial charge in [0.25, 0.3) is 0 Å². The SMILES string of the molecule is Cc1ccc(F)cc1CN1CCN(C2(c3cncc(F)c3)C(=O)c3ccccc3C2=O)CC1. The third kappa shape index (κ3) is 3.48. The van der Waals surface area contributed by atoms with Gasteiger partial charge in [0.2, 0.25) is 0 Å². The standard InChI is InChI=1S/C26H23F2N3O2/c1-17-6-7-20(27)12-18(17)16-30-8-10-31(11-9-30)26(19-13-21(28)15-29-14-19)24(32)22-4-2-3-5-23(22)25(26)33/h2-7,12-15H,8-11,16H2,1H3. The minimum absolute atomic E-state index is 0.253. The Morgan fingerprint density at radius 3 is 2.18 bits per heavy atom. The Bertz CT molecular complexity index is 1220. The number of aromatic nitrogens is 1. The summed E-state index contributed by atoms with van der Waals surface area (Å²) >= 11 is 0. The smallest absolute Gasteiger partial charge is 0.196 e. The van der Waals surface area contributed by atoms with Gasteiger partial charge in [-0.1, -0.05) is 30.3 Å². The topological polar surface area (TPSA) is 53.5 Å². The van der Waals surface area contributed by atoms with Crippen molar-refractivity contribution >= 4 is 11.6 Å². The van der Waals surface area contributed by atoms with Crippen molar-refractivity contribution in [3.63, 3.8) is 0 Å². The van der Waals surface area contributed by atoms with Crippen LogP contribution in [0.1, 0.15) is 37.4 Å². The quantitative estimate of drug-likeness (QED) is 0.570. The first-order valence-corrected chi connectivity index (χ1v) is 10.9. The molecule has 1 aromatic heterocycles. The number of halogens is 2. The number of nitrogens with zero attached hydrogens (tertiary/aromatic N) is 3. The van der Waals surface area contributed by atoms with E-state index < -0.39 is 11.4 Å². The molecule has 1 aliphatic carbocycles. The molecule has 0 spiro atoms. The van der Waals surface area contributed by atoms with E-state index in [9.17, 15) is 18.4 Å². The third-order valence-electron chi connectivity index (χ3n) is 6.75. The predicted molar refractivity (Wildman–Crippen MR) is 119 cm³/mol. The van der Waals surface area contributed by atoms with Crippen LogP contribution in [-0.2, 0) is 12.1 Å². The number of fused-ring (bicyclic) bond motifs is 1. The highest BCUT2D eigenvalue weighted by atomic mass is 19.1. The molecule has 1 fully saturated rings. The molecule has 2 aliphatic rings. The molecule has 3 aromatic rings. The molecule has 0 amide bonds. The van der Waals surface area contributed by atoms with E-state index in [1.165, 1.54) is 18.3 Å². The van der Waals surface area contributed by atoms with Crippen LogP contribution in [0.25, 0.3) is 0 Å². The number of Topliss-reactive ketones (excluding diaryl/α,β-unsaturated/α-hetero) is 2. The van der Waals surface area contributed by atoms with Gasteiger partial charge in [0.1, 0.15) is 11.6 Å². The van der Waals surface area contributed by atoms with E-state index in [0.29, 0.717) is 43.9 Å². The number of carbonyl (C=O) groups excluding carboxylic acids is 2. The summed E-state index contributed by atoms with van der Waals surface area (Å²) in [7, 11) is 0. The molecule has 0 radical (unpaired) electrons. The fourth-order valence-corrected chi connectivity index (χ4v) is 5.01. The van der Waals surface area contributed by atoms with E-state index in [4.69, 9.17) is 0 Å². The van der Waals surface area contributed by atoms with E-state index in [1.54, 1.807) is 36.4 Å². The lowest BCUT2D eigenvalue weighted by molar-refractivity contribution is 0.0277. The molecular weight excluding hydrogens is 424 g/mol. The van der Waals surface area contributed by atoms with Crippen molar-refractivity contribution in [3.05, 3.63) is 100 Å². The third-order valence-corrected chi connectivity index (χ3v) is 6.75. The molecule has 0 bridgehead atoms. The lowest BCUT2D eigenvalue weighted by Gasteiger charge is -2.44. The fourth-order valence-electron chi connectivity index (χ4n) is 5.01. The van der Waals surface area contributed by atoms with Crippen molar-refractivity contribution in [2.24, 2.45) is 0 Å². The Hall–Kier alpha value is -3.29. The maximum absolute atomic E-state index is 14.2. The van der Waals surface area contributed by atoms with Gasteiger partial charge in [-0.25, -0.2) is 8.78 Å². The van der Waals surface area contributed by atoms with Crippen LogP contribution in [0.15, 0.2) is 60.9 Å². The summed E-state index contributed by atoms with van der Waals surface area (Å²) in [4.78, 5) is 35.4. The number of carbonyl (C=O) groups is 2. The van der Waals surface area contributed by atoms with Crippen molar-refractivity contribution in [2.45, 2.75) is 19.0 Å². The van der Waals surface area contributed by atoms with E-state index in [2.05, 4.69) is 9.88 Å². The number of aryl methyl sites for hydroxylation is 1. The molecule has 1 aliphatic heterocycles. The summed E-state index contributed by atoms with van der Waals surface area (Å²) in [5, 5.41) is 0. The minimum Gasteiger partial charge on any atom is -0.297 e. The second-order valence-electron chi connectivity index (χ2n) is 8.64. The monoisotopic (exact) mass is 447 g/mol. The van der Waals surface area contributed by atoms with Gasteiger partial charge in [-0.05, 0) is 36.2 Å². The molecule has 7 heteroatoms. The summed E-state index contributed by atoms with van der Waals surface area (Å²) in [6.07, 6.45) is 2.47. The average molecular weight is 447 g/mol. The number of rotatable bonds is 4. The highest BCUT2D eigenvalue weighted by Crippen LogP contribution is 2.43. The molecule has 5 nitrogen and oxygen atoms in total. The number of ketones is 2. The molecule has 0 atom stereocenters. The van der Waals surface area contributed by atoms with E-state index in [1.807, 2.05) is 11.8 Å². The Morgan fingerprint density at radius 1 is 0.879 bits per heavy atom. The van der Waals surface area contributed by atoms with Crippen molar-refractivity contribution in [1.82, 2.24) is 14.8 Å². The number of benzene rings is 2. The van der Waals surface area contributed by atoms with Crippen LogP contribution in [0.4, 0.5) is 8.78 Å². The van der Waals surface area contributed by atoms with Crippen LogP contribution < -0.4 is 0 Å².